The number of hydrogen-bond acceptors (Lipinski definition) is 2. The van der Waals surface area contributed by atoms with Crippen molar-refractivity contribution in [3.05, 3.63) is 53.2 Å². The van der Waals surface area contributed by atoms with Gasteiger partial charge in [-0.15, -0.1) is 11.3 Å². The highest BCUT2D eigenvalue weighted by atomic mass is 32.1. The van der Waals surface area contributed by atoms with E-state index in [0.29, 0.717) is 13.1 Å². The highest BCUT2D eigenvalue weighted by Gasteiger charge is 2.05. The van der Waals surface area contributed by atoms with Crippen molar-refractivity contribution in [3.8, 4) is 10.4 Å². The SMILES string of the molecule is CCN(CC)C(=O)C=Cc1ccc(-c2ccc(F)cc2)s1. The Morgan fingerprint density at radius 3 is 2.43 bits per heavy atom. The third kappa shape index (κ3) is 4.02. The lowest BCUT2D eigenvalue weighted by Gasteiger charge is -2.15. The second kappa shape index (κ2) is 7.18. The maximum absolute atomic E-state index is 12.9. The minimum Gasteiger partial charge on any atom is -0.340 e. The number of likely N-dealkylation sites (N-methyl/N-ethyl adjacent to an activating group) is 1. The van der Waals surface area contributed by atoms with Gasteiger partial charge in [0.2, 0.25) is 5.91 Å². The summed E-state index contributed by atoms with van der Waals surface area (Å²) in [7, 11) is 0. The fourth-order valence-corrected chi connectivity index (χ4v) is 2.92. The molecule has 1 aromatic carbocycles. The van der Waals surface area contributed by atoms with Crippen LogP contribution in [-0.2, 0) is 4.79 Å². The standard InChI is InChI=1S/C17H18FNOS/c1-3-19(4-2)17(20)12-10-15-9-11-16(21-15)13-5-7-14(18)8-6-13/h5-12H,3-4H2,1-2H3. The average Bonchev–Trinajstić information content (AvgIpc) is 2.96. The third-order valence-electron chi connectivity index (χ3n) is 3.22. The van der Waals surface area contributed by atoms with Crippen molar-refractivity contribution in [2.75, 3.05) is 13.1 Å². The second-order valence-corrected chi connectivity index (χ2v) is 5.67. The molecule has 4 heteroatoms. The van der Waals surface area contributed by atoms with E-state index in [2.05, 4.69) is 0 Å². The molecule has 0 atom stereocenters. The number of carbonyl (C=O) groups excluding carboxylic acids is 1. The van der Waals surface area contributed by atoms with E-state index < -0.39 is 0 Å². The summed E-state index contributed by atoms with van der Waals surface area (Å²) in [4.78, 5) is 15.7. The molecule has 1 heterocycles. The van der Waals surface area contributed by atoms with Crippen molar-refractivity contribution in [1.29, 1.82) is 0 Å². The smallest absolute Gasteiger partial charge is 0.246 e. The molecule has 21 heavy (non-hydrogen) atoms. The van der Waals surface area contributed by atoms with E-state index >= 15 is 0 Å². The number of carbonyl (C=O) groups is 1. The van der Waals surface area contributed by atoms with Gasteiger partial charge in [0.05, 0.1) is 0 Å². The lowest BCUT2D eigenvalue weighted by molar-refractivity contribution is -0.125. The molecular formula is C17H18FNOS. The quantitative estimate of drug-likeness (QED) is 0.748. The highest BCUT2D eigenvalue weighted by Crippen LogP contribution is 2.28. The van der Waals surface area contributed by atoms with Crippen LogP contribution in [0.25, 0.3) is 16.5 Å². The van der Waals surface area contributed by atoms with E-state index in [4.69, 9.17) is 0 Å². The maximum atomic E-state index is 12.9. The Balaban J connectivity index is 2.10. The number of rotatable bonds is 5. The Hall–Kier alpha value is -1.94. The predicted molar refractivity (Wildman–Crippen MR) is 86.7 cm³/mol. The van der Waals surface area contributed by atoms with E-state index in [-0.39, 0.29) is 11.7 Å². The van der Waals surface area contributed by atoms with Crippen LogP contribution in [0.2, 0.25) is 0 Å². The summed E-state index contributed by atoms with van der Waals surface area (Å²) >= 11 is 1.58. The molecule has 0 unspecified atom stereocenters. The number of hydrogen-bond donors (Lipinski definition) is 0. The summed E-state index contributed by atoms with van der Waals surface area (Å²) in [5.41, 5.74) is 0.983. The Labute approximate surface area is 128 Å². The van der Waals surface area contributed by atoms with Gasteiger partial charge in [0.1, 0.15) is 5.82 Å². The van der Waals surface area contributed by atoms with Crippen molar-refractivity contribution < 1.29 is 9.18 Å². The zero-order chi connectivity index (χ0) is 15.2. The minimum absolute atomic E-state index is 0.0248. The highest BCUT2D eigenvalue weighted by molar-refractivity contribution is 7.16. The van der Waals surface area contributed by atoms with Gasteiger partial charge in [0.25, 0.3) is 0 Å². The monoisotopic (exact) mass is 303 g/mol. The molecule has 0 aliphatic rings. The number of amides is 1. The molecule has 0 aliphatic carbocycles. The molecule has 2 aromatic rings. The largest absolute Gasteiger partial charge is 0.340 e. The molecule has 0 spiro atoms. The zero-order valence-corrected chi connectivity index (χ0v) is 13.0. The molecule has 2 rings (SSSR count). The Kier molecular flexibility index (Phi) is 5.28. The van der Waals surface area contributed by atoms with Gasteiger partial charge in [-0.3, -0.25) is 4.79 Å². The molecule has 110 valence electrons. The summed E-state index contributed by atoms with van der Waals surface area (Å²) in [6.45, 7) is 5.36. The van der Waals surface area contributed by atoms with Crippen LogP contribution in [0.3, 0.4) is 0 Å². The van der Waals surface area contributed by atoms with E-state index in [1.54, 1.807) is 34.4 Å². The Morgan fingerprint density at radius 1 is 1.14 bits per heavy atom. The first kappa shape index (κ1) is 15.4. The third-order valence-corrected chi connectivity index (χ3v) is 4.32. The molecule has 0 aliphatic heterocycles. The molecule has 0 fully saturated rings. The van der Waals surface area contributed by atoms with Crippen LogP contribution in [0, 0.1) is 5.82 Å². The molecular weight excluding hydrogens is 285 g/mol. The topological polar surface area (TPSA) is 20.3 Å². The predicted octanol–water partition coefficient (Wildman–Crippen LogP) is 4.44. The lowest BCUT2D eigenvalue weighted by Crippen LogP contribution is -2.28. The van der Waals surface area contributed by atoms with Gasteiger partial charge in [0, 0.05) is 28.9 Å². The van der Waals surface area contributed by atoms with Crippen LogP contribution in [0.4, 0.5) is 4.39 Å². The summed E-state index contributed by atoms with van der Waals surface area (Å²) in [5.74, 6) is -0.211. The fraction of sp³-hybridized carbons (Fsp3) is 0.235. The summed E-state index contributed by atoms with van der Waals surface area (Å²) < 4.78 is 12.9. The van der Waals surface area contributed by atoms with Crippen LogP contribution in [-0.4, -0.2) is 23.9 Å². The minimum atomic E-state index is -0.236. The van der Waals surface area contributed by atoms with Gasteiger partial charge in [0.15, 0.2) is 0 Å². The fourth-order valence-electron chi connectivity index (χ4n) is 2.01. The number of nitrogens with zero attached hydrogens (tertiary/aromatic N) is 1. The first-order valence-electron chi connectivity index (χ1n) is 6.96. The van der Waals surface area contributed by atoms with Crippen LogP contribution in [0.15, 0.2) is 42.5 Å². The van der Waals surface area contributed by atoms with E-state index in [1.165, 1.54) is 12.1 Å². The average molecular weight is 303 g/mol. The van der Waals surface area contributed by atoms with Gasteiger partial charge >= 0.3 is 0 Å². The van der Waals surface area contributed by atoms with E-state index in [9.17, 15) is 9.18 Å². The van der Waals surface area contributed by atoms with Gasteiger partial charge in [-0.1, -0.05) is 12.1 Å². The summed E-state index contributed by atoms with van der Waals surface area (Å²) in [6.07, 6.45) is 3.44. The summed E-state index contributed by atoms with van der Waals surface area (Å²) in [6, 6.07) is 10.4. The Bertz CT molecular complexity index is 626. The zero-order valence-electron chi connectivity index (χ0n) is 12.2. The first-order chi connectivity index (χ1) is 10.1. The van der Waals surface area contributed by atoms with Crippen molar-refractivity contribution >= 4 is 23.3 Å². The molecule has 0 saturated heterocycles. The number of halogens is 1. The lowest BCUT2D eigenvalue weighted by atomic mass is 10.2. The van der Waals surface area contributed by atoms with Crippen LogP contribution in [0.5, 0.6) is 0 Å². The normalized spacial score (nSPS) is 11.0. The van der Waals surface area contributed by atoms with Crippen molar-refractivity contribution in [2.45, 2.75) is 13.8 Å². The van der Waals surface area contributed by atoms with Crippen molar-refractivity contribution in [1.82, 2.24) is 4.90 Å². The van der Waals surface area contributed by atoms with Crippen molar-refractivity contribution in [3.63, 3.8) is 0 Å². The van der Waals surface area contributed by atoms with Gasteiger partial charge < -0.3 is 4.90 Å². The number of thiophene rings is 1. The molecule has 0 radical (unpaired) electrons. The van der Waals surface area contributed by atoms with E-state index in [1.807, 2.05) is 32.1 Å². The second-order valence-electron chi connectivity index (χ2n) is 4.55. The molecule has 0 bridgehead atoms. The first-order valence-corrected chi connectivity index (χ1v) is 7.78. The Morgan fingerprint density at radius 2 is 1.81 bits per heavy atom. The molecule has 1 amide bonds. The molecule has 0 saturated carbocycles. The molecule has 0 N–H and O–H groups in total. The molecule has 1 aromatic heterocycles. The van der Waals surface area contributed by atoms with E-state index in [0.717, 1.165) is 15.3 Å². The molecule has 2 nitrogen and oxygen atoms in total. The number of benzene rings is 1. The van der Waals surface area contributed by atoms with Gasteiger partial charge in [-0.25, -0.2) is 4.39 Å². The van der Waals surface area contributed by atoms with Crippen molar-refractivity contribution in [2.24, 2.45) is 0 Å². The maximum Gasteiger partial charge on any atom is 0.246 e. The van der Waals surface area contributed by atoms with Crippen LogP contribution in [0.1, 0.15) is 18.7 Å². The van der Waals surface area contributed by atoms with Crippen LogP contribution < -0.4 is 0 Å². The van der Waals surface area contributed by atoms with Gasteiger partial charge in [-0.2, -0.15) is 0 Å². The van der Waals surface area contributed by atoms with Gasteiger partial charge in [-0.05, 0) is 49.8 Å². The summed E-state index contributed by atoms with van der Waals surface area (Å²) in [5, 5.41) is 0. The van der Waals surface area contributed by atoms with Crippen LogP contribution >= 0.6 is 11.3 Å².